The molecule has 0 radical (unpaired) electrons. The van der Waals surface area contributed by atoms with Crippen molar-refractivity contribution in [2.45, 2.75) is 12.8 Å². The molecule has 0 amide bonds. The van der Waals surface area contributed by atoms with E-state index in [1.807, 2.05) is 22.6 Å². The molecule has 1 aliphatic rings. The van der Waals surface area contributed by atoms with Crippen molar-refractivity contribution in [2.75, 3.05) is 18.2 Å². The van der Waals surface area contributed by atoms with Crippen molar-refractivity contribution in [1.29, 1.82) is 0 Å². The van der Waals surface area contributed by atoms with Crippen LogP contribution in [0.1, 0.15) is 12.8 Å². The Bertz CT molecular complexity index is 373. The first-order valence-corrected chi connectivity index (χ1v) is 5.50. The van der Waals surface area contributed by atoms with Gasteiger partial charge < -0.3 is 4.98 Å². The summed E-state index contributed by atoms with van der Waals surface area (Å²) in [6.07, 6.45) is 3.54. The maximum Gasteiger partial charge on any atom is 0.266 e. The van der Waals surface area contributed by atoms with E-state index in [0.717, 1.165) is 19.4 Å². The molecule has 14 heavy (non-hydrogen) atoms. The quantitative estimate of drug-likeness (QED) is 0.784. The van der Waals surface area contributed by atoms with Gasteiger partial charge in [-0.15, -0.1) is 0 Å². The number of anilines is 1. The molecule has 1 fully saturated rings. The second-order valence-electron chi connectivity index (χ2n) is 3.01. The Labute approximate surface area is 94.6 Å². The lowest BCUT2D eigenvalue weighted by molar-refractivity contribution is 0.0757. The average Bonchev–Trinajstić information content (AvgIpc) is 2.23. The fourth-order valence-electron chi connectivity index (χ4n) is 1.31. The Balaban J connectivity index is 2.30. The van der Waals surface area contributed by atoms with Crippen LogP contribution in [0.25, 0.3) is 0 Å². The SMILES string of the molecule is O=c1[nH]cnc(N2CCCCO2)c1I. The lowest BCUT2D eigenvalue weighted by atomic mass is 10.3. The zero-order valence-electron chi connectivity index (χ0n) is 7.49. The van der Waals surface area contributed by atoms with E-state index >= 15 is 0 Å². The highest BCUT2D eigenvalue weighted by Crippen LogP contribution is 2.18. The summed E-state index contributed by atoms with van der Waals surface area (Å²) in [6.45, 7) is 1.50. The zero-order chi connectivity index (χ0) is 9.97. The van der Waals surface area contributed by atoms with Crippen molar-refractivity contribution in [3.63, 3.8) is 0 Å². The third-order valence-electron chi connectivity index (χ3n) is 2.02. The number of halogens is 1. The molecule has 76 valence electrons. The molecule has 6 heteroatoms. The molecule has 0 atom stereocenters. The maximum absolute atomic E-state index is 11.3. The molecule has 0 bridgehead atoms. The first kappa shape index (κ1) is 9.91. The van der Waals surface area contributed by atoms with Gasteiger partial charge in [0.2, 0.25) is 0 Å². The largest absolute Gasteiger partial charge is 0.312 e. The second kappa shape index (κ2) is 4.26. The van der Waals surface area contributed by atoms with E-state index in [4.69, 9.17) is 4.84 Å². The third kappa shape index (κ3) is 1.90. The normalized spacial score (nSPS) is 17.1. The van der Waals surface area contributed by atoms with E-state index in [-0.39, 0.29) is 5.56 Å². The average molecular weight is 307 g/mol. The minimum atomic E-state index is -0.121. The highest BCUT2D eigenvalue weighted by molar-refractivity contribution is 14.1. The van der Waals surface area contributed by atoms with Crippen LogP contribution in [-0.2, 0) is 4.84 Å². The summed E-state index contributed by atoms with van der Waals surface area (Å²) < 4.78 is 0.576. The summed E-state index contributed by atoms with van der Waals surface area (Å²) in [5, 5.41) is 1.69. The molecule has 0 aliphatic carbocycles. The van der Waals surface area contributed by atoms with E-state index in [1.54, 1.807) is 5.06 Å². The van der Waals surface area contributed by atoms with Crippen molar-refractivity contribution in [2.24, 2.45) is 0 Å². The first-order chi connectivity index (χ1) is 6.79. The maximum atomic E-state index is 11.3. The highest BCUT2D eigenvalue weighted by atomic mass is 127. The van der Waals surface area contributed by atoms with Gasteiger partial charge in [-0.2, -0.15) is 0 Å². The molecule has 5 nitrogen and oxygen atoms in total. The van der Waals surface area contributed by atoms with Crippen molar-refractivity contribution < 1.29 is 4.84 Å². The molecule has 2 rings (SSSR count). The van der Waals surface area contributed by atoms with Gasteiger partial charge >= 0.3 is 0 Å². The molecule has 2 heterocycles. The summed E-state index contributed by atoms with van der Waals surface area (Å²) >= 11 is 1.98. The third-order valence-corrected chi connectivity index (χ3v) is 2.99. The van der Waals surface area contributed by atoms with Crippen LogP contribution in [0.15, 0.2) is 11.1 Å². The molecule has 1 N–H and O–H groups in total. The second-order valence-corrected chi connectivity index (χ2v) is 4.09. The predicted octanol–water partition coefficient (Wildman–Crippen LogP) is 0.906. The van der Waals surface area contributed by atoms with E-state index in [2.05, 4.69) is 9.97 Å². The van der Waals surface area contributed by atoms with Crippen LogP contribution in [0.3, 0.4) is 0 Å². The van der Waals surface area contributed by atoms with Crippen molar-refractivity contribution >= 4 is 28.4 Å². The number of hydrogen-bond acceptors (Lipinski definition) is 4. The Hall–Kier alpha value is -0.630. The van der Waals surface area contributed by atoms with Gasteiger partial charge in [0.25, 0.3) is 5.56 Å². The fraction of sp³-hybridized carbons (Fsp3) is 0.500. The van der Waals surface area contributed by atoms with Crippen LogP contribution in [0.4, 0.5) is 5.82 Å². The van der Waals surface area contributed by atoms with Gasteiger partial charge in [-0.25, -0.2) is 10.0 Å². The van der Waals surface area contributed by atoms with E-state index in [0.29, 0.717) is 16.0 Å². The van der Waals surface area contributed by atoms with Gasteiger partial charge in [0.05, 0.1) is 12.9 Å². The number of aromatic nitrogens is 2. The number of rotatable bonds is 1. The van der Waals surface area contributed by atoms with E-state index in [9.17, 15) is 4.79 Å². The Morgan fingerprint density at radius 2 is 2.43 bits per heavy atom. The van der Waals surface area contributed by atoms with Gasteiger partial charge in [-0.3, -0.25) is 9.63 Å². The fourth-order valence-corrected chi connectivity index (χ4v) is 1.88. The number of hydroxylamine groups is 1. The monoisotopic (exact) mass is 307 g/mol. The predicted molar refractivity (Wildman–Crippen MR) is 60.1 cm³/mol. The highest BCUT2D eigenvalue weighted by Gasteiger charge is 2.17. The lowest BCUT2D eigenvalue weighted by Gasteiger charge is -2.26. The molecular weight excluding hydrogens is 297 g/mol. The standard InChI is InChI=1S/C8H10IN3O2/c9-6-7(10-5-11-8(6)13)12-3-1-2-4-14-12/h5H,1-4H2,(H,10,11,13). The smallest absolute Gasteiger partial charge is 0.266 e. The van der Waals surface area contributed by atoms with Crippen LogP contribution >= 0.6 is 22.6 Å². The van der Waals surface area contributed by atoms with Crippen molar-refractivity contribution in [3.8, 4) is 0 Å². The van der Waals surface area contributed by atoms with Crippen LogP contribution in [0.5, 0.6) is 0 Å². The Morgan fingerprint density at radius 1 is 1.57 bits per heavy atom. The number of H-pyrrole nitrogens is 1. The van der Waals surface area contributed by atoms with Crippen LogP contribution in [-0.4, -0.2) is 23.1 Å². The number of nitrogens with zero attached hydrogens (tertiary/aromatic N) is 2. The Kier molecular flexibility index (Phi) is 3.02. The summed E-state index contributed by atoms with van der Waals surface area (Å²) in [6, 6.07) is 0. The van der Waals surface area contributed by atoms with Crippen molar-refractivity contribution in [3.05, 3.63) is 20.3 Å². The summed E-state index contributed by atoms with van der Waals surface area (Å²) in [5.74, 6) is 0.619. The van der Waals surface area contributed by atoms with E-state index < -0.39 is 0 Å². The minimum Gasteiger partial charge on any atom is -0.312 e. The zero-order valence-corrected chi connectivity index (χ0v) is 9.65. The molecule has 1 aromatic heterocycles. The van der Waals surface area contributed by atoms with Crippen LogP contribution in [0, 0.1) is 3.57 Å². The molecule has 0 aromatic carbocycles. The lowest BCUT2D eigenvalue weighted by Crippen LogP contribution is -2.32. The molecule has 1 saturated heterocycles. The number of hydrogen-bond donors (Lipinski definition) is 1. The number of aromatic amines is 1. The molecule has 0 unspecified atom stereocenters. The van der Waals surface area contributed by atoms with Crippen molar-refractivity contribution in [1.82, 2.24) is 9.97 Å². The van der Waals surface area contributed by atoms with Gasteiger partial charge in [-0.1, -0.05) is 0 Å². The first-order valence-electron chi connectivity index (χ1n) is 4.42. The van der Waals surface area contributed by atoms with Crippen LogP contribution in [0.2, 0.25) is 0 Å². The topological polar surface area (TPSA) is 58.2 Å². The molecule has 1 aliphatic heterocycles. The van der Waals surface area contributed by atoms with Gasteiger partial charge in [0.15, 0.2) is 5.82 Å². The van der Waals surface area contributed by atoms with Gasteiger partial charge in [0, 0.05) is 6.54 Å². The van der Waals surface area contributed by atoms with Gasteiger partial charge in [-0.05, 0) is 35.4 Å². The van der Waals surface area contributed by atoms with E-state index in [1.165, 1.54) is 6.33 Å². The molecule has 0 spiro atoms. The summed E-state index contributed by atoms with van der Waals surface area (Å²) in [4.78, 5) is 23.3. The molecule has 0 saturated carbocycles. The summed E-state index contributed by atoms with van der Waals surface area (Å²) in [7, 11) is 0. The molecule has 1 aromatic rings. The Morgan fingerprint density at radius 3 is 3.14 bits per heavy atom. The van der Waals surface area contributed by atoms with Crippen LogP contribution < -0.4 is 10.6 Å². The number of nitrogens with one attached hydrogen (secondary N) is 1. The van der Waals surface area contributed by atoms with Gasteiger partial charge in [0.1, 0.15) is 3.57 Å². The minimum absolute atomic E-state index is 0.121. The summed E-state index contributed by atoms with van der Waals surface area (Å²) in [5.41, 5.74) is -0.121. The molecular formula is C8H10IN3O2.